The van der Waals surface area contributed by atoms with Crippen LogP contribution in [0.15, 0.2) is 46.0 Å². The van der Waals surface area contributed by atoms with E-state index in [1.807, 2.05) is 37.4 Å². The van der Waals surface area contributed by atoms with Crippen molar-refractivity contribution in [3.8, 4) is 11.5 Å². The minimum absolute atomic E-state index is 0.296. The lowest BCUT2D eigenvalue weighted by Crippen LogP contribution is -2.39. The zero-order valence-corrected chi connectivity index (χ0v) is 13.4. The molecule has 0 atom stereocenters. The van der Waals surface area contributed by atoms with E-state index in [0.29, 0.717) is 6.79 Å². The van der Waals surface area contributed by atoms with Crippen molar-refractivity contribution >= 4 is 5.96 Å². The molecule has 0 saturated carbocycles. The summed E-state index contributed by atoms with van der Waals surface area (Å²) in [6, 6.07) is 9.87. The minimum Gasteiger partial charge on any atom is -0.469 e. The lowest BCUT2D eigenvalue weighted by Gasteiger charge is -2.22. The molecule has 0 saturated heterocycles. The molecule has 1 aliphatic heterocycles. The molecule has 0 unspecified atom stereocenters. The third-order valence-electron chi connectivity index (χ3n) is 3.66. The smallest absolute Gasteiger partial charge is 0.231 e. The van der Waals surface area contributed by atoms with Crippen molar-refractivity contribution in [2.24, 2.45) is 4.99 Å². The summed E-state index contributed by atoms with van der Waals surface area (Å²) in [6.45, 7) is 1.80. The maximum Gasteiger partial charge on any atom is 0.231 e. The number of nitrogens with zero attached hydrogens (tertiary/aromatic N) is 2. The number of guanidine groups is 1. The van der Waals surface area contributed by atoms with Crippen LogP contribution in [0.3, 0.4) is 0 Å². The fraction of sp³-hybridized carbons (Fsp3) is 0.353. The van der Waals surface area contributed by atoms with Crippen LogP contribution in [-0.2, 0) is 13.0 Å². The predicted octanol–water partition coefficient (Wildman–Crippen LogP) is 2.26. The number of ether oxygens (including phenoxy) is 2. The van der Waals surface area contributed by atoms with Gasteiger partial charge in [-0.2, -0.15) is 0 Å². The van der Waals surface area contributed by atoms with Gasteiger partial charge in [0.25, 0.3) is 0 Å². The Kier molecular flexibility index (Phi) is 4.71. The fourth-order valence-electron chi connectivity index (χ4n) is 2.53. The molecule has 1 aliphatic rings. The van der Waals surface area contributed by atoms with E-state index in [0.717, 1.165) is 48.3 Å². The average Bonchev–Trinajstić information content (AvgIpc) is 3.22. The summed E-state index contributed by atoms with van der Waals surface area (Å²) in [4.78, 5) is 6.39. The number of hydrogen-bond donors (Lipinski definition) is 1. The van der Waals surface area contributed by atoms with E-state index < -0.39 is 0 Å². The number of hydrogen-bond acceptors (Lipinski definition) is 4. The topological polar surface area (TPSA) is 59.2 Å². The molecule has 0 bridgehead atoms. The van der Waals surface area contributed by atoms with Crippen LogP contribution in [0.1, 0.15) is 11.3 Å². The Hall–Kier alpha value is -2.63. The van der Waals surface area contributed by atoms with Gasteiger partial charge >= 0.3 is 0 Å². The molecule has 6 heteroatoms. The molecule has 2 heterocycles. The Morgan fingerprint density at radius 2 is 2.13 bits per heavy atom. The SMILES string of the molecule is CN=C(NCCc1ccco1)N(C)Cc1ccc2c(c1)OCO2. The molecule has 3 rings (SSSR count). The fourth-order valence-corrected chi connectivity index (χ4v) is 2.53. The van der Waals surface area contributed by atoms with Gasteiger partial charge in [0.1, 0.15) is 5.76 Å². The first-order chi connectivity index (χ1) is 11.3. The maximum atomic E-state index is 5.42. The van der Waals surface area contributed by atoms with Crippen molar-refractivity contribution in [1.29, 1.82) is 0 Å². The molecule has 122 valence electrons. The zero-order chi connectivity index (χ0) is 16.1. The Morgan fingerprint density at radius 3 is 2.91 bits per heavy atom. The van der Waals surface area contributed by atoms with Gasteiger partial charge in [-0.15, -0.1) is 0 Å². The molecular weight excluding hydrogens is 294 g/mol. The van der Waals surface area contributed by atoms with Gasteiger partial charge in [0.2, 0.25) is 6.79 Å². The number of aliphatic imine (C=N–C) groups is 1. The molecule has 6 nitrogen and oxygen atoms in total. The third-order valence-corrected chi connectivity index (χ3v) is 3.66. The van der Waals surface area contributed by atoms with Gasteiger partial charge in [-0.25, -0.2) is 0 Å². The van der Waals surface area contributed by atoms with E-state index >= 15 is 0 Å². The quantitative estimate of drug-likeness (QED) is 0.677. The zero-order valence-electron chi connectivity index (χ0n) is 13.4. The first-order valence-electron chi connectivity index (χ1n) is 7.59. The third kappa shape index (κ3) is 3.77. The molecule has 0 spiro atoms. The average molecular weight is 315 g/mol. The van der Waals surface area contributed by atoms with Crippen molar-refractivity contribution in [1.82, 2.24) is 10.2 Å². The first kappa shape index (κ1) is 15.3. The second-order valence-corrected chi connectivity index (χ2v) is 5.35. The number of nitrogens with one attached hydrogen (secondary N) is 1. The van der Waals surface area contributed by atoms with Crippen LogP contribution >= 0.6 is 0 Å². The normalized spacial score (nSPS) is 13.2. The molecule has 0 fully saturated rings. The molecule has 0 amide bonds. The lowest BCUT2D eigenvalue weighted by atomic mass is 10.2. The van der Waals surface area contributed by atoms with Gasteiger partial charge in [0.15, 0.2) is 17.5 Å². The highest BCUT2D eigenvalue weighted by Gasteiger charge is 2.14. The highest BCUT2D eigenvalue weighted by Crippen LogP contribution is 2.32. The van der Waals surface area contributed by atoms with Gasteiger partial charge in [-0.05, 0) is 29.8 Å². The first-order valence-corrected chi connectivity index (χ1v) is 7.59. The van der Waals surface area contributed by atoms with Crippen LogP contribution < -0.4 is 14.8 Å². The standard InChI is InChI=1S/C17H21N3O3/c1-18-17(19-8-7-14-4-3-9-21-14)20(2)11-13-5-6-15-16(10-13)23-12-22-15/h3-6,9-10H,7-8,11-12H2,1-2H3,(H,18,19). The predicted molar refractivity (Wildman–Crippen MR) is 87.8 cm³/mol. The number of furan rings is 1. The van der Waals surface area contributed by atoms with Crippen LogP contribution in [0, 0.1) is 0 Å². The van der Waals surface area contributed by atoms with Gasteiger partial charge in [0.05, 0.1) is 6.26 Å². The lowest BCUT2D eigenvalue weighted by molar-refractivity contribution is 0.174. The van der Waals surface area contributed by atoms with E-state index in [9.17, 15) is 0 Å². The van der Waals surface area contributed by atoms with Gasteiger partial charge < -0.3 is 24.1 Å². The summed E-state index contributed by atoms with van der Waals surface area (Å²) in [5.41, 5.74) is 1.14. The Labute approximate surface area is 135 Å². The summed E-state index contributed by atoms with van der Waals surface area (Å²) < 4.78 is 16.1. The molecule has 1 aromatic heterocycles. The van der Waals surface area contributed by atoms with Crippen molar-refractivity contribution < 1.29 is 13.9 Å². The van der Waals surface area contributed by atoms with E-state index in [2.05, 4.69) is 15.2 Å². The second kappa shape index (κ2) is 7.09. The van der Waals surface area contributed by atoms with Gasteiger partial charge in [0, 0.05) is 33.6 Å². The number of rotatable bonds is 5. The van der Waals surface area contributed by atoms with E-state index in [1.54, 1.807) is 13.3 Å². The van der Waals surface area contributed by atoms with E-state index in [4.69, 9.17) is 13.9 Å². The van der Waals surface area contributed by atoms with Crippen LogP contribution in [0.25, 0.3) is 0 Å². The molecule has 0 radical (unpaired) electrons. The summed E-state index contributed by atoms with van der Waals surface area (Å²) >= 11 is 0. The second-order valence-electron chi connectivity index (χ2n) is 5.35. The summed E-state index contributed by atoms with van der Waals surface area (Å²) in [5.74, 6) is 3.41. The molecular formula is C17H21N3O3. The van der Waals surface area contributed by atoms with Crippen molar-refractivity contribution in [2.75, 3.05) is 27.4 Å². The minimum atomic E-state index is 0.296. The largest absolute Gasteiger partial charge is 0.469 e. The monoisotopic (exact) mass is 315 g/mol. The van der Waals surface area contributed by atoms with Gasteiger partial charge in [-0.3, -0.25) is 4.99 Å². The van der Waals surface area contributed by atoms with Crippen LogP contribution in [0.5, 0.6) is 11.5 Å². The number of fused-ring (bicyclic) bond motifs is 1. The number of benzene rings is 1. The maximum absolute atomic E-state index is 5.42. The summed E-state index contributed by atoms with van der Waals surface area (Å²) in [6.07, 6.45) is 2.51. The molecule has 23 heavy (non-hydrogen) atoms. The summed E-state index contributed by atoms with van der Waals surface area (Å²) in [7, 11) is 3.79. The molecule has 2 aromatic rings. The Balaban J connectivity index is 1.54. The molecule has 1 N–H and O–H groups in total. The molecule has 0 aliphatic carbocycles. The highest BCUT2D eigenvalue weighted by atomic mass is 16.7. The van der Waals surface area contributed by atoms with E-state index in [1.165, 1.54) is 0 Å². The Bertz CT molecular complexity index is 668. The van der Waals surface area contributed by atoms with Crippen molar-refractivity contribution in [3.63, 3.8) is 0 Å². The molecule has 1 aromatic carbocycles. The van der Waals surface area contributed by atoms with Crippen LogP contribution in [-0.4, -0.2) is 38.3 Å². The van der Waals surface area contributed by atoms with Crippen LogP contribution in [0.2, 0.25) is 0 Å². The van der Waals surface area contributed by atoms with Crippen molar-refractivity contribution in [3.05, 3.63) is 47.9 Å². The highest BCUT2D eigenvalue weighted by molar-refractivity contribution is 5.79. The van der Waals surface area contributed by atoms with E-state index in [-0.39, 0.29) is 0 Å². The van der Waals surface area contributed by atoms with Crippen molar-refractivity contribution in [2.45, 2.75) is 13.0 Å². The summed E-state index contributed by atoms with van der Waals surface area (Å²) in [5, 5.41) is 3.34. The van der Waals surface area contributed by atoms with Gasteiger partial charge in [-0.1, -0.05) is 6.07 Å². The Morgan fingerprint density at radius 1 is 1.26 bits per heavy atom. The van der Waals surface area contributed by atoms with Crippen LogP contribution in [0.4, 0.5) is 0 Å².